The molecule has 1 aliphatic heterocycles. The zero-order chi connectivity index (χ0) is 13.9. The van der Waals surface area contributed by atoms with Crippen LogP contribution in [0.4, 0.5) is 0 Å². The van der Waals surface area contributed by atoms with Crippen LogP contribution in [0.2, 0.25) is 0 Å². The van der Waals surface area contributed by atoms with Gasteiger partial charge in [0.2, 0.25) is 5.91 Å². The van der Waals surface area contributed by atoms with Crippen molar-refractivity contribution in [1.29, 1.82) is 0 Å². The van der Waals surface area contributed by atoms with Gasteiger partial charge in [-0.3, -0.25) is 4.79 Å². The van der Waals surface area contributed by atoms with Crippen molar-refractivity contribution < 1.29 is 13.2 Å². The first-order valence-corrected chi connectivity index (χ1v) is 8.17. The highest BCUT2D eigenvalue weighted by Crippen LogP contribution is 2.24. The van der Waals surface area contributed by atoms with Gasteiger partial charge >= 0.3 is 0 Å². The number of carbonyl (C=O) groups is 1. The zero-order valence-corrected chi connectivity index (χ0v) is 12.2. The van der Waals surface area contributed by atoms with Gasteiger partial charge in [0.05, 0.1) is 5.75 Å². The fraction of sp³-hybridized carbons (Fsp3) is 0.769. The van der Waals surface area contributed by atoms with Gasteiger partial charge < -0.3 is 4.90 Å². The van der Waals surface area contributed by atoms with Crippen molar-refractivity contribution in [2.24, 2.45) is 0 Å². The van der Waals surface area contributed by atoms with E-state index in [4.69, 9.17) is 0 Å². The van der Waals surface area contributed by atoms with Crippen LogP contribution in [0.25, 0.3) is 0 Å². The smallest absolute Gasteiger partial charge is 0.241 e. The molecule has 0 radical (unpaired) electrons. The predicted molar refractivity (Wildman–Crippen MR) is 73.1 cm³/mol. The summed E-state index contributed by atoms with van der Waals surface area (Å²) in [6.45, 7) is 8.88. The maximum absolute atomic E-state index is 12.4. The van der Waals surface area contributed by atoms with Crippen molar-refractivity contribution in [2.75, 3.05) is 5.75 Å². The Bertz CT molecular complexity index is 406. The molecule has 0 aromatic carbocycles. The molecule has 1 heterocycles. The van der Waals surface area contributed by atoms with E-state index in [-0.39, 0.29) is 23.7 Å². The quantitative estimate of drug-likeness (QED) is 0.733. The third-order valence-corrected chi connectivity index (χ3v) is 5.66. The lowest BCUT2D eigenvalue weighted by Gasteiger charge is -2.40. The van der Waals surface area contributed by atoms with E-state index in [0.717, 1.165) is 19.3 Å². The molecule has 0 aromatic heterocycles. The van der Waals surface area contributed by atoms with E-state index in [1.54, 1.807) is 4.90 Å². The number of rotatable bonds is 4. The van der Waals surface area contributed by atoms with Crippen LogP contribution in [0, 0.1) is 0 Å². The van der Waals surface area contributed by atoms with Crippen LogP contribution in [0.15, 0.2) is 12.7 Å². The molecule has 1 saturated heterocycles. The van der Waals surface area contributed by atoms with Gasteiger partial charge in [-0.1, -0.05) is 6.08 Å². The Morgan fingerprint density at radius 1 is 1.39 bits per heavy atom. The minimum atomic E-state index is -3.42. The zero-order valence-electron chi connectivity index (χ0n) is 11.4. The molecule has 0 saturated carbocycles. The Balaban J connectivity index is 2.89. The Hall–Kier alpha value is -0.840. The summed E-state index contributed by atoms with van der Waals surface area (Å²) in [5, 5.41) is -0.974. The summed E-state index contributed by atoms with van der Waals surface area (Å²) in [6.07, 6.45) is 4.33. The molecule has 5 heteroatoms. The number of sulfone groups is 1. The van der Waals surface area contributed by atoms with E-state index in [1.165, 1.54) is 13.0 Å². The van der Waals surface area contributed by atoms with Gasteiger partial charge in [0, 0.05) is 12.1 Å². The van der Waals surface area contributed by atoms with Crippen molar-refractivity contribution in [3.8, 4) is 0 Å². The molecule has 1 fully saturated rings. The highest BCUT2D eigenvalue weighted by Gasteiger charge is 2.36. The second kappa shape index (κ2) is 5.87. The Morgan fingerprint density at radius 2 is 1.89 bits per heavy atom. The average Bonchev–Trinajstić information content (AvgIpc) is 2.27. The third-order valence-electron chi connectivity index (χ3n) is 3.68. The van der Waals surface area contributed by atoms with Crippen LogP contribution < -0.4 is 0 Å². The van der Waals surface area contributed by atoms with Crippen molar-refractivity contribution >= 4 is 15.7 Å². The minimum absolute atomic E-state index is 0.127. The first-order chi connectivity index (χ1) is 8.31. The van der Waals surface area contributed by atoms with E-state index in [2.05, 4.69) is 6.58 Å². The standard InChI is InChI=1S/C13H23NO3S/c1-5-9-18(16,17)12(4)13(15)14-10(2)7-6-8-11(14)3/h5,10-12H,1,6-9H2,2-4H3. The van der Waals surface area contributed by atoms with Gasteiger partial charge in [-0.15, -0.1) is 6.58 Å². The summed E-state index contributed by atoms with van der Waals surface area (Å²) in [6, 6.07) is 0.255. The summed E-state index contributed by atoms with van der Waals surface area (Å²) < 4.78 is 23.8. The normalized spacial score (nSPS) is 26.7. The van der Waals surface area contributed by atoms with E-state index in [9.17, 15) is 13.2 Å². The van der Waals surface area contributed by atoms with Crippen LogP contribution in [-0.2, 0) is 14.6 Å². The molecular weight excluding hydrogens is 250 g/mol. The molecule has 104 valence electrons. The van der Waals surface area contributed by atoms with Gasteiger partial charge in [-0.2, -0.15) is 0 Å². The number of hydrogen-bond acceptors (Lipinski definition) is 3. The molecule has 0 spiro atoms. The molecule has 4 nitrogen and oxygen atoms in total. The lowest BCUT2D eigenvalue weighted by Crippen LogP contribution is -2.52. The van der Waals surface area contributed by atoms with Crippen LogP contribution in [0.5, 0.6) is 0 Å². The molecule has 18 heavy (non-hydrogen) atoms. The maximum atomic E-state index is 12.4. The first-order valence-electron chi connectivity index (χ1n) is 6.46. The second-order valence-electron chi connectivity index (χ2n) is 5.13. The number of hydrogen-bond donors (Lipinski definition) is 0. The van der Waals surface area contributed by atoms with Gasteiger partial charge in [0.1, 0.15) is 5.25 Å². The number of carbonyl (C=O) groups excluding carboxylic acids is 1. The Kier molecular flexibility index (Phi) is 4.96. The predicted octanol–water partition coefficient (Wildman–Crippen LogP) is 1.77. The summed E-state index contributed by atoms with van der Waals surface area (Å²) in [5.74, 6) is -0.409. The molecule has 0 aliphatic carbocycles. The summed E-state index contributed by atoms with van der Waals surface area (Å²) >= 11 is 0. The number of amides is 1. The van der Waals surface area contributed by atoms with Gasteiger partial charge in [-0.25, -0.2) is 8.42 Å². The fourth-order valence-electron chi connectivity index (χ4n) is 2.53. The van der Waals surface area contributed by atoms with Crippen LogP contribution in [0.3, 0.4) is 0 Å². The van der Waals surface area contributed by atoms with Crippen molar-refractivity contribution in [2.45, 2.75) is 57.4 Å². The number of likely N-dealkylation sites (tertiary alicyclic amines) is 1. The van der Waals surface area contributed by atoms with Gasteiger partial charge in [0.25, 0.3) is 0 Å². The summed E-state index contributed by atoms with van der Waals surface area (Å²) in [4.78, 5) is 14.1. The lowest BCUT2D eigenvalue weighted by atomic mass is 9.97. The van der Waals surface area contributed by atoms with E-state index in [1.807, 2.05) is 13.8 Å². The number of piperidine rings is 1. The van der Waals surface area contributed by atoms with Crippen molar-refractivity contribution in [3.63, 3.8) is 0 Å². The lowest BCUT2D eigenvalue weighted by molar-refractivity contribution is -0.136. The Morgan fingerprint density at radius 3 is 2.33 bits per heavy atom. The van der Waals surface area contributed by atoms with Crippen molar-refractivity contribution in [3.05, 3.63) is 12.7 Å². The molecule has 3 unspecified atom stereocenters. The van der Waals surface area contributed by atoms with Crippen LogP contribution >= 0.6 is 0 Å². The highest BCUT2D eigenvalue weighted by molar-refractivity contribution is 7.92. The SMILES string of the molecule is C=CCS(=O)(=O)C(C)C(=O)N1C(C)CCCC1C. The first kappa shape index (κ1) is 15.2. The van der Waals surface area contributed by atoms with E-state index >= 15 is 0 Å². The second-order valence-corrected chi connectivity index (χ2v) is 7.50. The topological polar surface area (TPSA) is 54.5 Å². The molecule has 1 amide bonds. The van der Waals surface area contributed by atoms with Crippen LogP contribution in [-0.4, -0.2) is 42.3 Å². The molecule has 1 aliphatic rings. The molecule has 1 rings (SSSR count). The summed E-state index contributed by atoms with van der Waals surface area (Å²) in [7, 11) is -3.42. The fourth-order valence-corrected chi connectivity index (χ4v) is 3.57. The highest BCUT2D eigenvalue weighted by atomic mass is 32.2. The van der Waals surface area contributed by atoms with Crippen LogP contribution in [0.1, 0.15) is 40.0 Å². The average molecular weight is 273 g/mol. The molecule has 3 atom stereocenters. The van der Waals surface area contributed by atoms with E-state index < -0.39 is 15.1 Å². The summed E-state index contributed by atoms with van der Waals surface area (Å²) in [5.41, 5.74) is 0. The Labute approximate surface area is 110 Å². The van der Waals surface area contributed by atoms with Gasteiger partial charge in [0.15, 0.2) is 9.84 Å². The molecule has 0 aromatic rings. The monoisotopic (exact) mass is 273 g/mol. The van der Waals surface area contributed by atoms with E-state index in [0.29, 0.717) is 0 Å². The molecular formula is C13H23NO3S. The number of nitrogens with zero attached hydrogens (tertiary/aromatic N) is 1. The largest absolute Gasteiger partial charge is 0.336 e. The maximum Gasteiger partial charge on any atom is 0.241 e. The molecule has 0 bridgehead atoms. The third kappa shape index (κ3) is 3.13. The van der Waals surface area contributed by atoms with Gasteiger partial charge in [-0.05, 0) is 40.0 Å². The minimum Gasteiger partial charge on any atom is -0.336 e. The molecule has 0 N–H and O–H groups in total. The van der Waals surface area contributed by atoms with Crippen molar-refractivity contribution in [1.82, 2.24) is 4.90 Å².